The van der Waals surface area contributed by atoms with Gasteiger partial charge < -0.3 is 0 Å². The van der Waals surface area contributed by atoms with Crippen LogP contribution in [0.15, 0.2) is 212 Å². The Hall–Kier alpha value is -7.34. The molecular formula is C58H46N4Si. The molecule has 1 fully saturated rings. The zero-order chi connectivity index (χ0) is 41.7. The summed E-state index contributed by atoms with van der Waals surface area (Å²) in [5.74, 6) is 1.96. The molecule has 302 valence electrons. The van der Waals surface area contributed by atoms with E-state index in [1.165, 1.54) is 85.5 Å². The number of nitrogens with zero attached hydrogens (tertiary/aromatic N) is 4. The molecule has 63 heavy (non-hydrogen) atoms. The van der Waals surface area contributed by atoms with Crippen molar-refractivity contribution in [2.45, 2.75) is 38.0 Å². The van der Waals surface area contributed by atoms with E-state index in [-0.39, 0.29) is 0 Å². The molecule has 11 aromatic rings. The SMILES string of the molecule is c1ccc([Si](c2ccccc2)(c2ccccc2)c2ccc(C3CCCCC3)c(-c3cc(-n4c5ccccc5c5ccccc54)nc(-n4c5ccccc5c5ccccc54)n3)c2)cc1. The van der Waals surface area contributed by atoms with Gasteiger partial charge in [0.2, 0.25) is 5.95 Å². The van der Waals surface area contributed by atoms with Crippen molar-refractivity contribution in [2.75, 3.05) is 0 Å². The van der Waals surface area contributed by atoms with Crippen LogP contribution >= 0.6 is 0 Å². The quantitative estimate of drug-likeness (QED) is 0.113. The fraction of sp³-hybridized carbons (Fsp3) is 0.103. The first-order chi connectivity index (χ1) is 31.3. The molecule has 8 aromatic carbocycles. The van der Waals surface area contributed by atoms with Gasteiger partial charge in [-0.15, -0.1) is 0 Å². The van der Waals surface area contributed by atoms with E-state index in [1.54, 1.807) is 0 Å². The topological polar surface area (TPSA) is 35.6 Å². The summed E-state index contributed by atoms with van der Waals surface area (Å²) in [7, 11) is -2.87. The molecular weight excluding hydrogens is 781 g/mol. The first-order valence-corrected chi connectivity index (χ1v) is 24.4. The standard InChI is InChI=1S/C58H46N4Si/c1-5-21-41(22-6-1)46-38-37-45(63(42-23-7-2-8-24-42,43-25-9-3-10-26-43)44-27-11-4-12-28-44)39-51(46)52-40-57(61-53-33-17-13-29-47(53)48-30-14-18-34-54(48)61)60-58(59-52)62-55-35-19-15-31-49(55)50-32-16-20-36-56(50)62/h2-4,7-20,23-41H,1,5-6,21-22H2. The predicted molar refractivity (Wildman–Crippen MR) is 266 cm³/mol. The smallest absolute Gasteiger partial charge is 0.237 e. The van der Waals surface area contributed by atoms with Crippen molar-refractivity contribution < 1.29 is 0 Å². The maximum Gasteiger partial charge on any atom is 0.237 e. The Bertz CT molecular complexity index is 3100. The Balaban J connectivity index is 1.21. The summed E-state index contributed by atoms with van der Waals surface area (Å²) in [5, 5.41) is 10.2. The van der Waals surface area contributed by atoms with E-state index in [2.05, 4.69) is 221 Å². The lowest BCUT2D eigenvalue weighted by Gasteiger charge is -2.35. The molecule has 0 unspecified atom stereocenters. The summed E-state index contributed by atoms with van der Waals surface area (Å²) in [6, 6.07) is 78.4. The summed E-state index contributed by atoms with van der Waals surface area (Å²) < 4.78 is 4.64. The molecule has 1 aliphatic rings. The van der Waals surface area contributed by atoms with Crippen LogP contribution in [0.5, 0.6) is 0 Å². The van der Waals surface area contributed by atoms with Crippen LogP contribution in [-0.4, -0.2) is 27.2 Å². The number of aromatic nitrogens is 4. The molecule has 3 aromatic heterocycles. The lowest BCUT2D eigenvalue weighted by atomic mass is 9.81. The van der Waals surface area contributed by atoms with E-state index in [9.17, 15) is 0 Å². The van der Waals surface area contributed by atoms with Gasteiger partial charge in [-0.3, -0.25) is 9.13 Å². The van der Waals surface area contributed by atoms with Crippen LogP contribution in [0.1, 0.15) is 43.6 Å². The summed E-state index contributed by atoms with van der Waals surface area (Å²) in [4.78, 5) is 11.4. The summed E-state index contributed by atoms with van der Waals surface area (Å²) in [6.07, 6.45) is 6.13. The Morgan fingerprint density at radius 2 is 0.810 bits per heavy atom. The molecule has 5 heteroatoms. The van der Waals surface area contributed by atoms with Crippen LogP contribution in [-0.2, 0) is 0 Å². The van der Waals surface area contributed by atoms with Crippen molar-refractivity contribution in [3.63, 3.8) is 0 Å². The molecule has 0 N–H and O–H groups in total. The number of rotatable bonds is 8. The van der Waals surface area contributed by atoms with Gasteiger partial charge >= 0.3 is 0 Å². The second-order valence-electron chi connectivity index (χ2n) is 17.1. The maximum absolute atomic E-state index is 5.77. The van der Waals surface area contributed by atoms with Crippen molar-refractivity contribution in [1.82, 2.24) is 19.1 Å². The molecule has 0 atom stereocenters. The van der Waals surface area contributed by atoms with Gasteiger partial charge in [0.15, 0.2) is 8.07 Å². The highest BCUT2D eigenvalue weighted by Gasteiger charge is 2.42. The summed E-state index contributed by atoms with van der Waals surface area (Å²) in [5.41, 5.74) is 7.96. The van der Waals surface area contributed by atoms with E-state index >= 15 is 0 Å². The molecule has 1 aliphatic carbocycles. The first-order valence-electron chi connectivity index (χ1n) is 22.4. The van der Waals surface area contributed by atoms with Crippen LogP contribution in [0, 0.1) is 0 Å². The van der Waals surface area contributed by atoms with E-state index in [1.807, 2.05) is 0 Å². The van der Waals surface area contributed by atoms with E-state index < -0.39 is 8.07 Å². The van der Waals surface area contributed by atoms with Crippen LogP contribution < -0.4 is 20.7 Å². The van der Waals surface area contributed by atoms with Gasteiger partial charge in [-0.05, 0) is 69.3 Å². The number of fused-ring (bicyclic) bond motifs is 6. The minimum absolute atomic E-state index is 0.437. The van der Waals surface area contributed by atoms with Crippen LogP contribution in [0.3, 0.4) is 0 Å². The van der Waals surface area contributed by atoms with Gasteiger partial charge in [-0.1, -0.05) is 201 Å². The van der Waals surface area contributed by atoms with Gasteiger partial charge in [0, 0.05) is 33.2 Å². The highest BCUT2D eigenvalue weighted by Crippen LogP contribution is 2.40. The molecule has 0 spiro atoms. The lowest BCUT2D eigenvalue weighted by Crippen LogP contribution is -2.74. The molecule has 0 saturated heterocycles. The number of benzene rings is 8. The average molecular weight is 827 g/mol. The average Bonchev–Trinajstić information content (AvgIpc) is 3.89. The molecule has 4 nitrogen and oxygen atoms in total. The number of para-hydroxylation sites is 4. The Morgan fingerprint density at radius 3 is 1.29 bits per heavy atom. The van der Waals surface area contributed by atoms with Gasteiger partial charge in [0.1, 0.15) is 5.82 Å². The molecule has 3 heterocycles. The highest BCUT2D eigenvalue weighted by atomic mass is 28.3. The van der Waals surface area contributed by atoms with Crippen molar-refractivity contribution in [3.8, 4) is 23.0 Å². The maximum atomic E-state index is 5.77. The van der Waals surface area contributed by atoms with Crippen LogP contribution in [0.2, 0.25) is 0 Å². The molecule has 12 rings (SSSR count). The fourth-order valence-electron chi connectivity index (χ4n) is 10.9. The Morgan fingerprint density at radius 1 is 0.381 bits per heavy atom. The minimum Gasteiger partial charge on any atom is -0.294 e. The second-order valence-corrected chi connectivity index (χ2v) is 20.9. The monoisotopic (exact) mass is 826 g/mol. The van der Waals surface area contributed by atoms with Crippen molar-refractivity contribution >= 4 is 72.4 Å². The molecule has 0 aliphatic heterocycles. The zero-order valence-electron chi connectivity index (χ0n) is 35.1. The van der Waals surface area contributed by atoms with Gasteiger partial charge in [-0.25, -0.2) is 4.98 Å². The highest BCUT2D eigenvalue weighted by molar-refractivity contribution is 7.19. The third-order valence-corrected chi connectivity index (χ3v) is 18.5. The van der Waals surface area contributed by atoms with Gasteiger partial charge in [-0.2, -0.15) is 4.98 Å². The van der Waals surface area contributed by atoms with Crippen molar-refractivity contribution in [3.05, 3.63) is 218 Å². The van der Waals surface area contributed by atoms with Crippen molar-refractivity contribution in [1.29, 1.82) is 0 Å². The lowest BCUT2D eigenvalue weighted by molar-refractivity contribution is 0.444. The normalized spacial score (nSPS) is 13.7. The minimum atomic E-state index is -2.87. The Labute approximate surface area is 368 Å². The molecule has 0 radical (unpaired) electrons. The molecule has 0 amide bonds. The number of hydrogen-bond donors (Lipinski definition) is 0. The summed E-state index contributed by atoms with van der Waals surface area (Å²) >= 11 is 0. The van der Waals surface area contributed by atoms with Crippen LogP contribution in [0.4, 0.5) is 0 Å². The molecule has 1 saturated carbocycles. The van der Waals surface area contributed by atoms with E-state index in [0.29, 0.717) is 11.9 Å². The van der Waals surface area contributed by atoms with E-state index in [0.717, 1.165) is 33.6 Å². The Kier molecular flexibility index (Phi) is 9.23. The second kappa shape index (κ2) is 15.5. The van der Waals surface area contributed by atoms with Gasteiger partial charge in [0.25, 0.3) is 0 Å². The largest absolute Gasteiger partial charge is 0.294 e. The summed E-state index contributed by atoms with van der Waals surface area (Å²) in [6.45, 7) is 0. The predicted octanol–water partition coefficient (Wildman–Crippen LogP) is 11.8. The van der Waals surface area contributed by atoms with Crippen LogP contribution in [0.25, 0.3) is 66.6 Å². The fourth-order valence-corrected chi connectivity index (χ4v) is 15.7. The van der Waals surface area contributed by atoms with E-state index in [4.69, 9.17) is 9.97 Å². The first kappa shape index (κ1) is 37.4. The number of hydrogen-bond acceptors (Lipinski definition) is 2. The third-order valence-electron chi connectivity index (χ3n) is 13.7. The molecule has 0 bridgehead atoms. The van der Waals surface area contributed by atoms with Crippen molar-refractivity contribution in [2.24, 2.45) is 0 Å². The van der Waals surface area contributed by atoms with Gasteiger partial charge in [0.05, 0.1) is 27.8 Å². The zero-order valence-corrected chi connectivity index (χ0v) is 36.1. The third kappa shape index (κ3) is 6.10.